The number of benzene rings is 2. The van der Waals surface area contributed by atoms with Crippen LogP contribution in [0.25, 0.3) is 0 Å². The maximum Gasteiger partial charge on any atom is 0.238 e. The van der Waals surface area contributed by atoms with Gasteiger partial charge >= 0.3 is 0 Å². The third kappa shape index (κ3) is 4.86. The molecule has 1 fully saturated rings. The third-order valence-electron chi connectivity index (χ3n) is 4.93. The highest BCUT2D eigenvalue weighted by Crippen LogP contribution is 2.24. The molecule has 1 atom stereocenters. The summed E-state index contributed by atoms with van der Waals surface area (Å²) in [6.07, 6.45) is 2.29. The minimum atomic E-state index is 0.0452. The zero-order valence-electron chi connectivity index (χ0n) is 15.4. The maximum atomic E-state index is 12.5. The lowest BCUT2D eigenvalue weighted by Gasteiger charge is -2.29. The van der Waals surface area contributed by atoms with Crippen LogP contribution in [0.4, 0.5) is 11.4 Å². The molecule has 0 radical (unpaired) electrons. The van der Waals surface area contributed by atoms with Gasteiger partial charge in [-0.15, -0.1) is 0 Å². The number of para-hydroxylation sites is 1. The molecule has 1 heterocycles. The number of halogens is 1. The molecule has 1 unspecified atom stereocenters. The molecule has 138 valence electrons. The van der Waals surface area contributed by atoms with E-state index in [1.165, 1.54) is 11.3 Å². The highest BCUT2D eigenvalue weighted by molar-refractivity contribution is 9.10. The number of hydrogen-bond donors (Lipinski definition) is 1. The smallest absolute Gasteiger partial charge is 0.238 e. The molecule has 1 aliphatic rings. The van der Waals surface area contributed by atoms with Crippen LogP contribution in [0.3, 0.4) is 0 Å². The van der Waals surface area contributed by atoms with Crippen molar-refractivity contribution in [1.82, 2.24) is 4.90 Å². The average Bonchev–Trinajstić information content (AvgIpc) is 3.05. The van der Waals surface area contributed by atoms with Crippen LogP contribution in [0.5, 0.6) is 0 Å². The van der Waals surface area contributed by atoms with Crippen LogP contribution < -0.4 is 10.2 Å². The number of carbonyl (C=O) groups excluding carboxylic acids is 1. The van der Waals surface area contributed by atoms with E-state index in [0.717, 1.165) is 36.1 Å². The Bertz CT molecular complexity index is 750. The topological polar surface area (TPSA) is 35.6 Å². The summed E-state index contributed by atoms with van der Waals surface area (Å²) in [5, 5.41) is 3.03. The van der Waals surface area contributed by atoms with Crippen LogP contribution in [0.15, 0.2) is 53.0 Å². The van der Waals surface area contributed by atoms with Crippen LogP contribution in [-0.4, -0.2) is 43.5 Å². The Morgan fingerprint density at radius 1 is 1.27 bits per heavy atom. The van der Waals surface area contributed by atoms with Gasteiger partial charge in [0.1, 0.15) is 0 Å². The number of likely N-dealkylation sites (N-methyl/N-ethyl adjacent to an activating group) is 1. The number of nitrogens with zero attached hydrogens (tertiary/aromatic N) is 2. The number of aryl methyl sites for hydroxylation is 1. The fourth-order valence-corrected chi connectivity index (χ4v) is 4.10. The quantitative estimate of drug-likeness (QED) is 0.763. The molecule has 0 saturated carbocycles. The molecule has 0 bridgehead atoms. The van der Waals surface area contributed by atoms with E-state index < -0.39 is 0 Å². The van der Waals surface area contributed by atoms with Gasteiger partial charge < -0.3 is 10.2 Å². The lowest BCUT2D eigenvalue weighted by molar-refractivity contribution is -0.117. The SMILES string of the molecule is Cc1ccc(NC(=O)CN2CCCC2CN(C)c2ccccc2)c(Br)c1. The first-order valence-electron chi connectivity index (χ1n) is 9.09. The van der Waals surface area contributed by atoms with Crippen LogP contribution in [-0.2, 0) is 4.79 Å². The van der Waals surface area contributed by atoms with Crippen LogP contribution in [0.1, 0.15) is 18.4 Å². The lowest BCUT2D eigenvalue weighted by Crippen LogP contribution is -2.42. The Kier molecular flexibility index (Phi) is 6.33. The van der Waals surface area contributed by atoms with Crippen molar-refractivity contribution >= 4 is 33.2 Å². The summed E-state index contributed by atoms with van der Waals surface area (Å²) in [7, 11) is 2.12. The monoisotopic (exact) mass is 415 g/mol. The molecule has 1 aliphatic heterocycles. The van der Waals surface area contributed by atoms with Gasteiger partial charge in [-0.2, -0.15) is 0 Å². The summed E-state index contributed by atoms with van der Waals surface area (Å²) in [5.74, 6) is 0.0452. The highest BCUT2D eigenvalue weighted by atomic mass is 79.9. The molecule has 26 heavy (non-hydrogen) atoms. The van der Waals surface area contributed by atoms with Gasteiger partial charge in [0, 0.05) is 29.8 Å². The molecule has 2 aromatic rings. The van der Waals surface area contributed by atoms with Crippen molar-refractivity contribution < 1.29 is 4.79 Å². The fourth-order valence-electron chi connectivity index (χ4n) is 3.51. The van der Waals surface area contributed by atoms with E-state index in [0.29, 0.717) is 12.6 Å². The molecule has 1 N–H and O–H groups in total. The standard InChI is InChI=1S/C21H26BrN3O/c1-16-10-11-20(19(22)13-16)23-21(26)15-25-12-6-9-18(25)14-24(2)17-7-4-3-5-8-17/h3-5,7-8,10-11,13,18H,6,9,12,14-15H2,1-2H3,(H,23,26). The second-order valence-corrected chi connectivity index (χ2v) is 7.87. The average molecular weight is 416 g/mol. The minimum Gasteiger partial charge on any atom is -0.373 e. The number of hydrogen-bond acceptors (Lipinski definition) is 3. The van der Waals surface area contributed by atoms with Crippen LogP contribution >= 0.6 is 15.9 Å². The van der Waals surface area contributed by atoms with Gasteiger partial charge in [0.2, 0.25) is 5.91 Å². The van der Waals surface area contributed by atoms with Gasteiger partial charge in [0.15, 0.2) is 0 Å². The number of amides is 1. The predicted molar refractivity (Wildman–Crippen MR) is 112 cm³/mol. The van der Waals surface area contributed by atoms with Crippen molar-refractivity contribution in [2.24, 2.45) is 0 Å². The number of likely N-dealkylation sites (tertiary alicyclic amines) is 1. The zero-order chi connectivity index (χ0) is 18.5. The second kappa shape index (κ2) is 8.69. The summed E-state index contributed by atoms with van der Waals surface area (Å²) >= 11 is 3.52. The van der Waals surface area contributed by atoms with Gasteiger partial charge in [-0.3, -0.25) is 9.69 Å². The summed E-state index contributed by atoms with van der Waals surface area (Å²) in [6, 6.07) is 16.8. The van der Waals surface area contributed by atoms with E-state index in [2.05, 4.69) is 62.4 Å². The van der Waals surface area contributed by atoms with Gasteiger partial charge in [-0.25, -0.2) is 0 Å². The molecule has 3 rings (SSSR count). The molecule has 0 spiro atoms. The first-order valence-corrected chi connectivity index (χ1v) is 9.88. The van der Waals surface area contributed by atoms with E-state index >= 15 is 0 Å². The van der Waals surface area contributed by atoms with Gasteiger partial charge in [-0.1, -0.05) is 24.3 Å². The highest BCUT2D eigenvalue weighted by Gasteiger charge is 2.27. The number of anilines is 2. The molecule has 2 aromatic carbocycles. The fraction of sp³-hybridized carbons (Fsp3) is 0.381. The summed E-state index contributed by atoms with van der Waals surface area (Å²) in [5.41, 5.74) is 3.21. The van der Waals surface area contributed by atoms with E-state index in [9.17, 15) is 4.79 Å². The van der Waals surface area contributed by atoms with Crippen molar-refractivity contribution in [3.05, 3.63) is 58.6 Å². The Morgan fingerprint density at radius 2 is 2.04 bits per heavy atom. The second-order valence-electron chi connectivity index (χ2n) is 7.01. The Hall–Kier alpha value is -1.85. The van der Waals surface area contributed by atoms with Crippen LogP contribution in [0, 0.1) is 6.92 Å². The molecular formula is C21H26BrN3O. The normalized spacial score (nSPS) is 17.3. The first kappa shape index (κ1) is 18.9. The molecule has 0 aromatic heterocycles. The summed E-state index contributed by atoms with van der Waals surface area (Å²) < 4.78 is 0.924. The molecule has 4 nitrogen and oxygen atoms in total. The first-order chi connectivity index (χ1) is 12.5. The lowest BCUT2D eigenvalue weighted by atomic mass is 10.2. The molecule has 1 saturated heterocycles. The summed E-state index contributed by atoms with van der Waals surface area (Å²) in [6.45, 7) is 4.39. The van der Waals surface area contributed by atoms with E-state index in [-0.39, 0.29) is 5.91 Å². The van der Waals surface area contributed by atoms with E-state index in [4.69, 9.17) is 0 Å². The van der Waals surface area contributed by atoms with Gasteiger partial charge in [-0.05, 0) is 72.1 Å². The third-order valence-corrected chi connectivity index (χ3v) is 5.58. The number of rotatable bonds is 6. The van der Waals surface area contributed by atoms with Crippen molar-refractivity contribution in [3.8, 4) is 0 Å². The molecule has 5 heteroatoms. The largest absolute Gasteiger partial charge is 0.373 e. The number of nitrogens with one attached hydrogen (secondary N) is 1. The maximum absolute atomic E-state index is 12.5. The Balaban J connectivity index is 1.57. The Morgan fingerprint density at radius 3 is 2.77 bits per heavy atom. The van der Waals surface area contributed by atoms with Crippen molar-refractivity contribution in [3.63, 3.8) is 0 Å². The number of carbonyl (C=O) groups is 1. The van der Waals surface area contributed by atoms with Crippen molar-refractivity contribution in [2.45, 2.75) is 25.8 Å². The molecular weight excluding hydrogens is 390 g/mol. The minimum absolute atomic E-state index is 0.0452. The van der Waals surface area contributed by atoms with E-state index in [1.807, 2.05) is 31.2 Å². The van der Waals surface area contributed by atoms with E-state index in [1.54, 1.807) is 0 Å². The van der Waals surface area contributed by atoms with Gasteiger partial charge in [0.05, 0.1) is 12.2 Å². The predicted octanol–water partition coefficient (Wildman–Crippen LogP) is 4.30. The molecule has 0 aliphatic carbocycles. The molecule has 1 amide bonds. The zero-order valence-corrected chi connectivity index (χ0v) is 17.0. The van der Waals surface area contributed by atoms with Crippen LogP contribution in [0.2, 0.25) is 0 Å². The Labute approximate surface area is 164 Å². The van der Waals surface area contributed by atoms with Crippen molar-refractivity contribution in [2.75, 3.05) is 36.9 Å². The van der Waals surface area contributed by atoms with Crippen molar-refractivity contribution in [1.29, 1.82) is 0 Å². The van der Waals surface area contributed by atoms with Gasteiger partial charge in [0.25, 0.3) is 0 Å². The summed E-state index contributed by atoms with van der Waals surface area (Å²) in [4.78, 5) is 17.1.